The first kappa shape index (κ1) is 12.6. The molecule has 1 heterocycles. The Kier molecular flexibility index (Phi) is 3.95. The van der Waals surface area contributed by atoms with Gasteiger partial charge in [0.2, 0.25) is 0 Å². The number of benzene rings is 1. The number of nitrogens with one attached hydrogen (secondary N) is 1. The molecule has 0 saturated heterocycles. The Hall–Kier alpha value is -0.470. The lowest BCUT2D eigenvalue weighted by molar-refractivity contribution is 0.353. The van der Waals surface area contributed by atoms with Gasteiger partial charge in [0.25, 0.3) is 0 Å². The maximum atomic E-state index is 3.90. The number of thioether (sulfide) groups is 1. The van der Waals surface area contributed by atoms with Gasteiger partial charge in [-0.2, -0.15) is 11.8 Å². The van der Waals surface area contributed by atoms with E-state index in [2.05, 4.69) is 48.3 Å². The predicted octanol–water partition coefficient (Wildman–Crippen LogP) is 4.14. The number of hydrogen-bond acceptors (Lipinski definition) is 2. The molecule has 1 N–H and O–H groups in total. The van der Waals surface area contributed by atoms with Gasteiger partial charge in [-0.15, -0.1) is 0 Å². The second-order valence-electron chi connectivity index (χ2n) is 5.77. The quantitative estimate of drug-likeness (QED) is 0.877. The first-order valence-electron chi connectivity index (χ1n) is 7.26. The van der Waals surface area contributed by atoms with Gasteiger partial charge in [-0.1, -0.05) is 37.1 Å². The van der Waals surface area contributed by atoms with Gasteiger partial charge >= 0.3 is 0 Å². The molecule has 1 nitrogen and oxygen atoms in total. The van der Waals surface area contributed by atoms with Crippen molar-refractivity contribution in [2.24, 2.45) is 5.92 Å². The van der Waals surface area contributed by atoms with Crippen molar-refractivity contribution >= 4 is 11.8 Å². The molecule has 2 aliphatic rings. The average Bonchev–Trinajstić information content (AvgIpc) is 2.93. The average molecular weight is 261 g/mol. The maximum Gasteiger partial charge on any atom is 0.0417 e. The molecule has 1 unspecified atom stereocenters. The van der Waals surface area contributed by atoms with Gasteiger partial charge in [-0.05, 0) is 36.8 Å². The Balaban J connectivity index is 1.70. The minimum atomic E-state index is 0.565. The van der Waals surface area contributed by atoms with Crippen molar-refractivity contribution in [2.45, 2.75) is 50.4 Å². The summed E-state index contributed by atoms with van der Waals surface area (Å²) in [5.41, 5.74) is 3.07. The third-order valence-corrected chi connectivity index (χ3v) is 5.63. The SMILES string of the molecule is C[C@H](NC1CSCc2ccccc21)C1CCCC1. The highest BCUT2D eigenvalue weighted by Gasteiger charge is 2.26. The second kappa shape index (κ2) is 5.66. The van der Waals surface area contributed by atoms with Gasteiger partial charge in [0, 0.05) is 23.6 Å². The van der Waals surface area contributed by atoms with Gasteiger partial charge in [-0.3, -0.25) is 0 Å². The number of rotatable bonds is 3. The van der Waals surface area contributed by atoms with E-state index in [9.17, 15) is 0 Å². The zero-order chi connectivity index (χ0) is 12.4. The van der Waals surface area contributed by atoms with Crippen LogP contribution in [-0.2, 0) is 5.75 Å². The van der Waals surface area contributed by atoms with Crippen molar-refractivity contribution in [2.75, 3.05) is 5.75 Å². The van der Waals surface area contributed by atoms with E-state index in [1.165, 1.54) is 42.8 Å². The summed E-state index contributed by atoms with van der Waals surface area (Å²) in [6.07, 6.45) is 5.73. The summed E-state index contributed by atoms with van der Waals surface area (Å²) in [6, 6.07) is 10.2. The van der Waals surface area contributed by atoms with Crippen LogP contribution >= 0.6 is 11.8 Å². The van der Waals surface area contributed by atoms with E-state index in [1.54, 1.807) is 5.56 Å². The maximum absolute atomic E-state index is 3.90. The molecule has 2 heteroatoms. The Morgan fingerprint density at radius 1 is 1.22 bits per heavy atom. The lowest BCUT2D eigenvalue weighted by atomic mass is 9.96. The van der Waals surface area contributed by atoms with Gasteiger partial charge in [0.1, 0.15) is 0 Å². The molecular weight excluding hydrogens is 238 g/mol. The van der Waals surface area contributed by atoms with E-state index in [0.717, 1.165) is 5.92 Å². The normalized spacial score (nSPS) is 25.9. The van der Waals surface area contributed by atoms with Gasteiger partial charge in [0.05, 0.1) is 0 Å². The lowest BCUT2D eigenvalue weighted by Crippen LogP contribution is -2.37. The van der Waals surface area contributed by atoms with Crippen molar-refractivity contribution in [1.82, 2.24) is 5.32 Å². The van der Waals surface area contributed by atoms with E-state index in [0.29, 0.717) is 12.1 Å². The van der Waals surface area contributed by atoms with Crippen LogP contribution in [0.2, 0.25) is 0 Å². The van der Waals surface area contributed by atoms with E-state index >= 15 is 0 Å². The smallest absolute Gasteiger partial charge is 0.0417 e. The fraction of sp³-hybridized carbons (Fsp3) is 0.625. The molecule has 0 radical (unpaired) electrons. The van der Waals surface area contributed by atoms with Gasteiger partial charge < -0.3 is 5.32 Å². The molecule has 1 aromatic rings. The molecule has 0 amide bonds. The Morgan fingerprint density at radius 2 is 2.00 bits per heavy atom. The van der Waals surface area contributed by atoms with Crippen LogP contribution in [0.1, 0.15) is 49.8 Å². The summed E-state index contributed by atoms with van der Waals surface area (Å²) in [5, 5.41) is 3.90. The summed E-state index contributed by atoms with van der Waals surface area (Å²) in [4.78, 5) is 0. The van der Waals surface area contributed by atoms with Crippen molar-refractivity contribution in [3.8, 4) is 0 Å². The molecule has 0 bridgehead atoms. The molecule has 1 aromatic carbocycles. The van der Waals surface area contributed by atoms with Crippen LogP contribution in [0.15, 0.2) is 24.3 Å². The Morgan fingerprint density at radius 3 is 2.83 bits per heavy atom. The van der Waals surface area contributed by atoms with Crippen LogP contribution in [0.4, 0.5) is 0 Å². The summed E-state index contributed by atoms with van der Waals surface area (Å²) >= 11 is 2.07. The van der Waals surface area contributed by atoms with Crippen LogP contribution in [0, 0.1) is 5.92 Å². The topological polar surface area (TPSA) is 12.0 Å². The minimum Gasteiger partial charge on any atom is -0.306 e. The predicted molar refractivity (Wildman–Crippen MR) is 79.9 cm³/mol. The summed E-state index contributed by atoms with van der Waals surface area (Å²) < 4.78 is 0. The molecule has 18 heavy (non-hydrogen) atoms. The molecule has 2 atom stereocenters. The third kappa shape index (κ3) is 2.60. The fourth-order valence-electron chi connectivity index (χ4n) is 3.43. The summed E-state index contributed by atoms with van der Waals surface area (Å²) in [5.74, 6) is 3.32. The van der Waals surface area contributed by atoms with Crippen LogP contribution < -0.4 is 5.32 Å². The molecule has 1 aliphatic heterocycles. The van der Waals surface area contributed by atoms with E-state index < -0.39 is 0 Å². The van der Waals surface area contributed by atoms with Gasteiger partial charge in [0.15, 0.2) is 0 Å². The Bertz CT molecular complexity index is 398. The van der Waals surface area contributed by atoms with Crippen LogP contribution in [0.5, 0.6) is 0 Å². The molecular formula is C16H23NS. The van der Waals surface area contributed by atoms with E-state index in [4.69, 9.17) is 0 Å². The molecule has 98 valence electrons. The third-order valence-electron chi connectivity index (χ3n) is 4.54. The first-order chi connectivity index (χ1) is 8.84. The molecule has 3 rings (SSSR count). The van der Waals surface area contributed by atoms with E-state index in [-0.39, 0.29) is 0 Å². The zero-order valence-electron chi connectivity index (χ0n) is 11.2. The molecule has 1 fully saturated rings. The lowest BCUT2D eigenvalue weighted by Gasteiger charge is -2.31. The highest BCUT2D eigenvalue weighted by atomic mass is 32.2. The van der Waals surface area contributed by atoms with Crippen molar-refractivity contribution in [3.05, 3.63) is 35.4 Å². The van der Waals surface area contributed by atoms with Crippen molar-refractivity contribution in [1.29, 1.82) is 0 Å². The largest absolute Gasteiger partial charge is 0.306 e. The molecule has 1 saturated carbocycles. The summed E-state index contributed by atoms with van der Waals surface area (Å²) in [6.45, 7) is 2.39. The zero-order valence-corrected chi connectivity index (χ0v) is 12.0. The molecule has 1 aliphatic carbocycles. The number of fused-ring (bicyclic) bond motifs is 1. The highest BCUT2D eigenvalue weighted by molar-refractivity contribution is 7.98. The fourth-order valence-corrected chi connectivity index (χ4v) is 4.54. The first-order valence-corrected chi connectivity index (χ1v) is 8.41. The van der Waals surface area contributed by atoms with Crippen LogP contribution in [0.25, 0.3) is 0 Å². The van der Waals surface area contributed by atoms with Crippen molar-refractivity contribution in [3.63, 3.8) is 0 Å². The van der Waals surface area contributed by atoms with Crippen LogP contribution in [0.3, 0.4) is 0 Å². The molecule has 0 spiro atoms. The number of hydrogen-bond donors (Lipinski definition) is 1. The summed E-state index contributed by atoms with van der Waals surface area (Å²) in [7, 11) is 0. The van der Waals surface area contributed by atoms with Crippen LogP contribution in [-0.4, -0.2) is 11.8 Å². The molecule has 0 aromatic heterocycles. The standard InChI is InChI=1S/C16H23NS/c1-12(13-6-2-3-7-13)17-16-11-18-10-14-8-4-5-9-15(14)16/h4-5,8-9,12-13,16-17H,2-3,6-7,10-11H2,1H3/t12-,16?/m0/s1. The minimum absolute atomic E-state index is 0.565. The second-order valence-corrected chi connectivity index (χ2v) is 6.80. The highest BCUT2D eigenvalue weighted by Crippen LogP contribution is 2.34. The van der Waals surface area contributed by atoms with E-state index in [1.807, 2.05) is 0 Å². The van der Waals surface area contributed by atoms with Crippen molar-refractivity contribution < 1.29 is 0 Å². The van der Waals surface area contributed by atoms with Gasteiger partial charge in [-0.25, -0.2) is 0 Å². The monoisotopic (exact) mass is 261 g/mol. The Labute approximate surface area is 115 Å².